The molecule has 0 aliphatic rings. The molecular formula is C15H19Br2NO4. The van der Waals surface area contributed by atoms with Crippen LogP contribution < -0.4 is 5.48 Å². The van der Waals surface area contributed by atoms with Gasteiger partial charge in [0.05, 0.1) is 10.6 Å². The molecule has 7 heteroatoms. The number of benzene rings is 1. The summed E-state index contributed by atoms with van der Waals surface area (Å²) in [6.45, 7) is 3.76. The van der Waals surface area contributed by atoms with Crippen LogP contribution in [0.3, 0.4) is 0 Å². The number of hydrogen-bond donors (Lipinski definition) is 4. The van der Waals surface area contributed by atoms with Crippen molar-refractivity contribution in [3.8, 4) is 5.75 Å². The van der Waals surface area contributed by atoms with Crippen LogP contribution in [0.15, 0.2) is 33.2 Å². The SMILES string of the molecule is CC(C)(CC/C=C/C(=O)NO)[C@@H](O)c1cc(Br)cc(Br)c1O. The number of aliphatic hydroxyl groups excluding tert-OH is 1. The molecule has 0 saturated carbocycles. The molecule has 0 aliphatic carbocycles. The van der Waals surface area contributed by atoms with Gasteiger partial charge >= 0.3 is 0 Å². The third kappa shape index (κ3) is 5.08. The van der Waals surface area contributed by atoms with Crippen molar-refractivity contribution in [1.29, 1.82) is 0 Å². The van der Waals surface area contributed by atoms with E-state index in [2.05, 4.69) is 31.9 Å². The van der Waals surface area contributed by atoms with E-state index in [1.165, 1.54) is 11.6 Å². The summed E-state index contributed by atoms with van der Waals surface area (Å²) in [5.74, 6) is -0.578. The Morgan fingerprint density at radius 3 is 2.64 bits per heavy atom. The predicted octanol–water partition coefficient (Wildman–Crippen LogP) is 3.82. The number of phenols is 1. The molecular weight excluding hydrogens is 418 g/mol. The molecule has 5 nitrogen and oxygen atoms in total. The fourth-order valence-electron chi connectivity index (χ4n) is 2.03. The quantitative estimate of drug-likeness (QED) is 0.310. The van der Waals surface area contributed by atoms with Gasteiger partial charge in [0, 0.05) is 16.1 Å². The predicted molar refractivity (Wildman–Crippen MR) is 90.6 cm³/mol. The molecule has 0 spiro atoms. The van der Waals surface area contributed by atoms with Gasteiger partial charge in [-0.15, -0.1) is 0 Å². The van der Waals surface area contributed by atoms with Crippen LogP contribution in [0.4, 0.5) is 0 Å². The molecule has 1 aromatic rings. The summed E-state index contributed by atoms with van der Waals surface area (Å²) >= 11 is 6.59. The van der Waals surface area contributed by atoms with Crippen LogP contribution in [-0.2, 0) is 4.79 Å². The van der Waals surface area contributed by atoms with E-state index in [1.807, 2.05) is 13.8 Å². The van der Waals surface area contributed by atoms with Crippen molar-refractivity contribution >= 4 is 37.8 Å². The van der Waals surface area contributed by atoms with Gasteiger partial charge in [-0.3, -0.25) is 10.0 Å². The lowest BCUT2D eigenvalue weighted by Gasteiger charge is -2.31. The molecule has 1 amide bonds. The second-order valence-corrected chi connectivity index (χ2v) is 7.40. The Hall–Kier alpha value is -0.890. The molecule has 1 atom stereocenters. The molecule has 0 aromatic heterocycles. The molecule has 0 saturated heterocycles. The van der Waals surface area contributed by atoms with Gasteiger partial charge in [0.1, 0.15) is 5.75 Å². The van der Waals surface area contributed by atoms with E-state index < -0.39 is 17.4 Å². The third-order valence-electron chi connectivity index (χ3n) is 3.43. The van der Waals surface area contributed by atoms with Crippen LogP contribution in [0.5, 0.6) is 5.75 Å². The van der Waals surface area contributed by atoms with Crippen LogP contribution in [0.25, 0.3) is 0 Å². The van der Waals surface area contributed by atoms with Crippen LogP contribution in [0.1, 0.15) is 38.4 Å². The van der Waals surface area contributed by atoms with Crippen LogP contribution >= 0.6 is 31.9 Å². The van der Waals surface area contributed by atoms with Gasteiger partial charge in [0.15, 0.2) is 0 Å². The van der Waals surface area contributed by atoms with Crippen LogP contribution in [0.2, 0.25) is 0 Å². The number of phenolic OH excluding ortho intramolecular Hbond substituents is 1. The summed E-state index contributed by atoms with van der Waals surface area (Å²) < 4.78 is 1.26. The van der Waals surface area contributed by atoms with Gasteiger partial charge in [-0.05, 0) is 46.3 Å². The maximum Gasteiger partial charge on any atom is 0.267 e. The second kappa shape index (κ2) is 8.10. The maximum absolute atomic E-state index is 10.9. The first-order chi connectivity index (χ1) is 10.2. The number of amides is 1. The fourth-order valence-corrected chi connectivity index (χ4v) is 3.29. The maximum atomic E-state index is 10.9. The highest BCUT2D eigenvalue weighted by atomic mass is 79.9. The Balaban J connectivity index is 2.84. The van der Waals surface area contributed by atoms with Gasteiger partial charge in [-0.25, -0.2) is 5.48 Å². The lowest BCUT2D eigenvalue weighted by molar-refractivity contribution is -0.124. The highest BCUT2D eigenvalue weighted by Crippen LogP contribution is 2.44. The third-order valence-corrected chi connectivity index (χ3v) is 4.49. The lowest BCUT2D eigenvalue weighted by atomic mass is 9.78. The summed E-state index contributed by atoms with van der Waals surface area (Å²) in [4.78, 5) is 10.9. The van der Waals surface area contributed by atoms with Crippen LogP contribution in [0, 0.1) is 5.41 Å². The molecule has 0 heterocycles. The van der Waals surface area contributed by atoms with E-state index in [4.69, 9.17) is 5.21 Å². The van der Waals surface area contributed by atoms with E-state index in [0.717, 1.165) is 4.47 Å². The first-order valence-corrected chi connectivity index (χ1v) is 8.24. The highest BCUT2D eigenvalue weighted by Gasteiger charge is 2.31. The Labute approximate surface area is 146 Å². The monoisotopic (exact) mass is 435 g/mol. The number of allylic oxidation sites excluding steroid dienone is 1. The number of rotatable bonds is 6. The number of nitrogens with one attached hydrogen (secondary N) is 1. The first-order valence-electron chi connectivity index (χ1n) is 6.65. The molecule has 1 rings (SSSR count). The number of aromatic hydroxyl groups is 1. The summed E-state index contributed by atoms with van der Waals surface area (Å²) in [7, 11) is 0. The minimum Gasteiger partial charge on any atom is -0.506 e. The largest absolute Gasteiger partial charge is 0.506 e. The standard InChI is InChI=1S/C15H19Br2NO4/c1-15(2,6-4-3-5-12(19)18-22)14(21)10-7-9(16)8-11(17)13(10)20/h3,5,7-8,14,20-22H,4,6H2,1-2H3,(H,18,19)/b5-3+/t14-/m0/s1. The molecule has 0 radical (unpaired) electrons. The smallest absolute Gasteiger partial charge is 0.267 e. The number of hydrogen-bond acceptors (Lipinski definition) is 4. The second-order valence-electron chi connectivity index (χ2n) is 5.63. The van der Waals surface area contributed by atoms with Gasteiger partial charge in [-0.1, -0.05) is 35.9 Å². The van der Waals surface area contributed by atoms with E-state index in [-0.39, 0.29) is 5.75 Å². The topological polar surface area (TPSA) is 89.8 Å². The van der Waals surface area contributed by atoms with Gasteiger partial charge in [0.2, 0.25) is 0 Å². The molecule has 1 aromatic carbocycles. The van der Waals surface area contributed by atoms with Crippen molar-refractivity contribution in [3.63, 3.8) is 0 Å². The molecule has 0 bridgehead atoms. The van der Waals surface area contributed by atoms with E-state index >= 15 is 0 Å². The number of carbonyl (C=O) groups excluding carboxylic acids is 1. The van der Waals surface area contributed by atoms with Gasteiger partial charge in [0.25, 0.3) is 5.91 Å². The molecule has 122 valence electrons. The van der Waals surface area contributed by atoms with Crippen molar-refractivity contribution in [1.82, 2.24) is 5.48 Å². The number of aliphatic hydroxyl groups is 1. The molecule has 0 fully saturated rings. The normalized spacial score (nSPS) is 13.4. The van der Waals surface area contributed by atoms with Gasteiger partial charge < -0.3 is 10.2 Å². The van der Waals surface area contributed by atoms with Gasteiger partial charge in [-0.2, -0.15) is 0 Å². The summed E-state index contributed by atoms with van der Waals surface area (Å²) in [6.07, 6.45) is 3.12. The Bertz CT molecular complexity index is 573. The van der Waals surface area contributed by atoms with Crippen molar-refractivity contribution < 1.29 is 20.2 Å². The van der Waals surface area contributed by atoms with Crippen molar-refractivity contribution in [3.05, 3.63) is 38.8 Å². The summed E-state index contributed by atoms with van der Waals surface area (Å²) in [5, 5.41) is 29.1. The van der Waals surface area contributed by atoms with Crippen molar-refractivity contribution in [2.24, 2.45) is 5.41 Å². The van der Waals surface area contributed by atoms with E-state index in [0.29, 0.717) is 22.9 Å². The zero-order valence-corrected chi connectivity index (χ0v) is 15.5. The molecule has 0 aliphatic heterocycles. The lowest BCUT2D eigenvalue weighted by Crippen LogP contribution is -2.22. The average Bonchev–Trinajstić information content (AvgIpc) is 2.46. The fraction of sp³-hybridized carbons (Fsp3) is 0.400. The number of halogens is 2. The zero-order valence-electron chi connectivity index (χ0n) is 12.3. The average molecular weight is 437 g/mol. The zero-order chi connectivity index (χ0) is 16.9. The summed E-state index contributed by atoms with van der Waals surface area (Å²) in [6, 6.07) is 3.39. The first kappa shape index (κ1) is 19.2. The van der Waals surface area contributed by atoms with E-state index in [1.54, 1.807) is 18.2 Å². The highest BCUT2D eigenvalue weighted by molar-refractivity contribution is 9.11. The van der Waals surface area contributed by atoms with Crippen molar-refractivity contribution in [2.75, 3.05) is 0 Å². The molecule has 4 N–H and O–H groups in total. The Morgan fingerprint density at radius 1 is 1.41 bits per heavy atom. The van der Waals surface area contributed by atoms with E-state index in [9.17, 15) is 15.0 Å². The van der Waals surface area contributed by atoms with Crippen molar-refractivity contribution in [2.45, 2.75) is 32.8 Å². The Kier molecular flexibility index (Phi) is 7.05. The minimum atomic E-state index is -0.874. The summed E-state index contributed by atoms with van der Waals surface area (Å²) in [5.41, 5.74) is 1.43. The molecule has 22 heavy (non-hydrogen) atoms. The Morgan fingerprint density at radius 2 is 2.05 bits per heavy atom. The number of carbonyl (C=O) groups is 1. The minimum absolute atomic E-state index is 0.0129. The number of hydroxylamine groups is 1. The molecule has 0 unspecified atom stereocenters. The van der Waals surface area contributed by atoms with Crippen LogP contribution in [-0.4, -0.2) is 21.3 Å².